The van der Waals surface area contributed by atoms with Crippen molar-refractivity contribution in [1.29, 1.82) is 0 Å². The van der Waals surface area contributed by atoms with Gasteiger partial charge in [-0.3, -0.25) is 4.98 Å². The highest BCUT2D eigenvalue weighted by Gasteiger charge is 2.51. The zero-order valence-corrected chi connectivity index (χ0v) is 30.3. The molecule has 2 aromatic heterocycles. The minimum atomic E-state index is -0.654. The van der Waals surface area contributed by atoms with E-state index in [-0.39, 0.29) is 0 Å². The molecule has 0 unspecified atom stereocenters. The minimum absolute atomic E-state index is 0.654. The Morgan fingerprint density at radius 1 is 0.339 bits per heavy atom. The van der Waals surface area contributed by atoms with Gasteiger partial charge in [0, 0.05) is 39.6 Å². The molecule has 0 N–H and O–H groups in total. The van der Waals surface area contributed by atoms with Gasteiger partial charge in [-0.05, 0) is 81.9 Å². The van der Waals surface area contributed by atoms with Crippen molar-refractivity contribution in [2.24, 2.45) is 0 Å². The van der Waals surface area contributed by atoms with Crippen LogP contribution in [0.1, 0.15) is 22.3 Å². The van der Waals surface area contributed by atoms with Crippen LogP contribution in [0.5, 0.6) is 11.5 Å². The van der Waals surface area contributed by atoms with Crippen molar-refractivity contribution in [2.75, 3.05) is 0 Å². The molecule has 0 bridgehead atoms. The van der Waals surface area contributed by atoms with E-state index in [1.165, 1.54) is 22.3 Å². The van der Waals surface area contributed by atoms with Gasteiger partial charge in [0.15, 0.2) is 5.82 Å². The summed E-state index contributed by atoms with van der Waals surface area (Å²) in [6, 6.07) is 68.3. The first-order valence-corrected chi connectivity index (χ1v) is 18.9. The highest BCUT2D eigenvalue weighted by atomic mass is 16.5. The second-order valence-corrected chi connectivity index (χ2v) is 14.4. The highest BCUT2D eigenvalue weighted by Crippen LogP contribution is 2.62. The maximum absolute atomic E-state index is 6.69. The fourth-order valence-electron chi connectivity index (χ4n) is 8.70. The van der Waals surface area contributed by atoms with Crippen LogP contribution in [-0.4, -0.2) is 15.0 Å². The van der Waals surface area contributed by atoms with Crippen LogP contribution in [0.2, 0.25) is 0 Å². The summed E-state index contributed by atoms with van der Waals surface area (Å²) in [5.74, 6) is 2.41. The van der Waals surface area contributed by atoms with E-state index >= 15 is 0 Å². The summed E-state index contributed by atoms with van der Waals surface area (Å²) in [5.41, 5.74) is 15.5. The van der Waals surface area contributed by atoms with E-state index in [2.05, 4.69) is 163 Å². The number of hydrogen-bond acceptors (Lipinski definition) is 4. The average molecular weight is 716 g/mol. The van der Waals surface area contributed by atoms with Gasteiger partial charge < -0.3 is 4.74 Å². The molecular formula is C52H33N3O. The van der Waals surface area contributed by atoms with Crippen molar-refractivity contribution >= 4 is 0 Å². The standard InChI is InChI=1S/C52H33N3O/c1-3-14-34(15-4-1)47-33-48(55-51(54-47)35-16-5-2-6-17-35)39-26-28-41-40-27-25-37(36-18-13-19-38(30-36)46-22-11-12-29-53-46)31-44(40)52(45(41)32-39)42-20-7-9-23-49(42)56-50-24-10-8-21-43(50)52/h1-33H. The number of pyridine rings is 1. The molecule has 1 aliphatic carbocycles. The van der Waals surface area contributed by atoms with Crippen molar-refractivity contribution in [3.8, 4) is 78.9 Å². The van der Waals surface area contributed by atoms with E-state index in [1.807, 2.05) is 42.6 Å². The number of ether oxygens (including phenoxy) is 1. The molecule has 262 valence electrons. The van der Waals surface area contributed by atoms with Crippen LogP contribution >= 0.6 is 0 Å². The molecule has 1 spiro atoms. The van der Waals surface area contributed by atoms with Gasteiger partial charge in [0.05, 0.1) is 22.5 Å². The van der Waals surface area contributed by atoms with E-state index in [9.17, 15) is 0 Å². The van der Waals surface area contributed by atoms with Crippen molar-refractivity contribution in [3.63, 3.8) is 0 Å². The summed E-state index contributed by atoms with van der Waals surface area (Å²) in [4.78, 5) is 15.0. The number of fused-ring (bicyclic) bond motifs is 9. The molecule has 0 saturated carbocycles. The Balaban J connectivity index is 1.16. The maximum atomic E-state index is 6.69. The molecule has 56 heavy (non-hydrogen) atoms. The fraction of sp³-hybridized carbons (Fsp3) is 0.0192. The largest absolute Gasteiger partial charge is 0.457 e. The summed E-state index contributed by atoms with van der Waals surface area (Å²) in [5, 5.41) is 0. The quantitative estimate of drug-likeness (QED) is 0.178. The van der Waals surface area contributed by atoms with Crippen LogP contribution in [0.25, 0.3) is 67.4 Å². The fourth-order valence-corrected chi connectivity index (χ4v) is 8.70. The number of para-hydroxylation sites is 2. The normalized spacial score (nSPS) is 12.9. The number of rotatable bonds is 5. The number of benzene rings is 7. The lowest BCUT2D eigenvalue weighted by atomic mass is 9.65. The van der Waals surface area contributed by atoms with Gasteiger partial charge in [-0.2, -0.15) is 0 Å². The van der Waals surface area contributed by atoms with E-state index in [0.717, 1.165) is 73.1 Å². The third-order valence-corrected chi connectivity index (χ3v) is 11.2. The Bertz CT molecular complexity index is 2840. The van der Waals surface area contributed by atoms with Gasteiger partial charge in [-0.15, -0.1) is 0 Å². The number of aromatic nitrogens is 3. The van der Waals surface area contributed by atoms with Gasteiger partial charge >= 0.3 is 0 Å². The summed E-state index contributed by atoms with van der Waals surface area (Å²) >= 11 is 0. The van der Waals surface area contributed by atoms with Crippen LogP contribution in [0.3, 0.4) is 0 Å². The van der Waals surface area contributed by atoms with Crippen LogP contribution in [0.4, 0.5) is 0 Å². The predicted molar refractivity (Wildman–Crippen MR) is 224 cm³/mol. The Morgan fingerprint density at radius 3 is 1.54 bits per heavy atom. The van der Waals surface area contributed by atoms with Crippen LogP contribution in [-0.2, 0) is 5.41 Å². The third kappa shape index (κ3) is 5.04. The molecule has 3 heterocycles. The van der Waals surface area contributed by atoms with Gasteiger partial charge in [-0.25, -0.2) is 9.97 Å². The first-order chi connectivity index (χ1) is 27.7. The van der Waals surface area contributed by atoms with Crippen LogP contribution in [0, 0.1) is 0 Å². The lowest BCUT2D eigenvalue weighted by Gasteiger charge is -2.39. The molecule has 4 nitrogen and oxygen atoms in total. The van der Waals surface area contributed by atoms with Gasteiger partial charge in [0.1, 0.15) is 11.5 Å². The molecule has 0 radical (unpaired) electrons. The molecule has 1 aliphatic heterocycles. The monoisotopic (exact) mass is 715 g/mol. The molecule has 9 aromatic rings. The van der Waals surface area contributed by atoms with Crippen LogP contribution < -0.4 is 4.74 Å². The zero-order valence-electron chi connectivity index (χ0n) is 30.3. The smallest absolute Gasteiger partial charge is 0.160 e. The summed E-state index contributed by atoms with van der Waals surface area (Å²) in [7, 11) is 0. The highest BCUT2D eigenvalue weighted by molar-refractivity contribution is 5.92. The Kier molecular flexibility index (Phi) is 7.36. The second kappa shape index (κ2) is 12.9. The first kappa shape index (κ1) is 32.0. The molecule has 7 aromatic carbocycles. The van der Waals surface area contributed by atoms with Crippen molar-refractivity contribution in [3.05, 3.63) is 223 Å². The first-order valence-electron chi connectivity index (χ1n) is 18.9. The molecular weight excluding hydrogens is 683 g/mol. The SMILES string of the molecule is c1ccc(-c2cc(-c3ccc4c(c3)C3(c5ccccc5Oc5ccccc53)c3cc(-c5cccc(-c6ccccn6)c5)ccc3-4)nc(-c3ccccc3)n2)cc1. The Hall–Kier alpha value is -7.43. The predicted octanol–water partition coefficient (Wildman–Crippen LogP) is 12.7. The molecule has 2 aliphatic rings. The molecule has 0 amide bonds. The van der Waals surface area contributed by atoms with E-state index in [0.29, 0.717) is 5.82 Å². The Morgan fingerprint density at radius 2 is 0.857 bits per heavy atom. The molecule has 11 rings (SSSR count). The molecule has 4 heteroatoms. The lowest BCUT2D eigenvalue weighted by molar-refractivity contribution is 0.436. The number of nitrogens with zero attached hydrogens (tertiary/aromatic N) is 3. The van der Waals surface area contributed by atoms with Crippen molar-refractivity contribution < 1.29 is 4.74 Å². The maximum Gasteiger partial charge on any atom is 0.160 e. The van der Waals surface area contributed by atoms with E-state index < -0.39 is 5.41 Å². The lowest BCUT2D eigenvalue weighted by Crippen LogP contribution is -2.32. The van der Waals surface area contributed by atoms with Crippen molar-refractivity contribution in [1.82, 2.24) is 15.0 Å². The van der Waals surface area contributed by atoms with Gasteiger partial charge in [0.25, 0.3) is 0 Å². The second-order valence-electron chi connectivity index (χ2n) is 14.4. The average Bonchev–Trinajstić information content (AvgIpc) is 3.56. The zero-order chi connectivity index (χ0) is 37.1. The van der Waals surface area contributed by atoms with Gasteiger partial charge in [0.2, 0.25) is 0 Å². The molecule has 0 saturated heterocycles. The Labute approximate surface area is 325 Å². The summed E-state index contributed by atoms with van der Waals surface area (Å²) < 4.78 is 6.69. The molecule has 0 fully saturated rings. The molecule has 0 atom stereocenters. The summed E-state index contributed by atoms with van der Waals surface area (Å²) in [6.07, 6.45) is 1.85. The third-order valence-electron chi connectivity index (χ3n) is 11.2. The van der Waals surface area contributed by atoms with E-state index in [4.69, 9.17) is 14.7 Å². The van der Waals surface area contributed by atoms with E-state index in [1.54, 1.807) is 0 Å². The van der Waals surface area contributed by atoms with Crippen molar-refractivity contribution in [2.45, 2.75) is 5.41 Å². The van der Waals surface area contributed by atoms with Gasteiger partial charge in [-0.1, -0.05) is 146 Å². The topological polar surface area (TPSA) is 47.9 Å². The number of hydrogen-bond donors (Lipinski definition) is 0. The minimum Gasteiger partial charge on any atom is -0.457 e. The summed E-state index contributed by atoms with van der Waals surface area (Å²) in [6.45, 7) is 0. The van der Waals surface area contributed by atoms with Crippen LogP contribution in [0.15, 0.2) is 200 Å².